The van der Waals surface area contributed by atoms with Gasteiger partial charge in [0.1, 0.15) is 0 Å². The molecule has 0 atom stereocenters. The maximum atomic E-state index is 12.5. The highest BCUT2D eigenvalue weighted by molar-refractivity contribution is 6.05. The van der Waals surface area contributed by atoms with Crippen LogP contribution in [-0.2, 0) is 6.54 Å². The molecule has 0 radical (unpaired) electrons. The molecular weight excluding hydrogens is 316 g/mol. The largest absolute Gasteiger partial charge is 0.395 e. The number of hydrogen-bond acceptors (Lipinski definition) is 3. The molecule has 6 heteroatoms. The van der Waals surface area contributed by atoms with Crippen LogP contribution in [0.25, 0.3) is 5.69 Å². The summed E-state index contributed by atoms with van der Waals surface area (Å²) in [6.07, 6.45) is 3.61. The van der Waals surface area contributed by atoms with Crippen LogP contribution in [0.5, 0.6) is 0 Å². The van der Waals surface area contributed by atoms with Gasteiger partial charge >= 0.3 is 0 Å². The van der Waals surface area contributed by atoms with E-state index in [9.17, 15) is 4.79 Å². The summed E-state index contributed by atoms with van der Waals surface area (Å²) in [4.78, 5) is 16.8. The number of aromatic nitrogens is 3. The number of benzene rings is 1. The number of rotatable bonds is 5. The fourth-order valence-electron chi connectivity index (χ4n) is 2.80. The second-order valence-corrected chi connectivity index (χ2v) is 6.02. The van der Waals surface area contributed by atoms with Crippen molar-refractivity contribution in [2.24, 2.45) is 0 Å². The molecule has 0 unspecified atom stereocenters. The van der Waals surface area contributed by atoms with Crippen molar-refractivity contribution in [3.8, 4) is 5.69 Å². The maximum absolute atomic E-state index is 12.5. The molecule has 2 heterocycles. The third kappa shape index (κ3) is 3.34. The average Bonchev–Trinajstić information content (AvgIpc) is 3.13. The van der Waals surface area contributed by atoms with Crippen LogP contribution in [0.2, 0.25) is 0 Å². The number of hydrogen-bond donors (Lipinski definition) is 2. The van der Waals surface area contributed by atoms with E-state index in [1.54, 1.807) is 12.4 Å². The SMILES string of the molecule is Cc1ncn(-c2ccc(NC(=O)c3ccn(CCO)c3C)cc2)c1C. The van der Waals surface area contributed by atoms with E-state index in [0.717, 1.165) is 28.5 Å². The molecular formula is C19H22N4O2. The predicted octanol–water partition coefficient (Wildman–Crippen LogP) is 2.84. The average molecular weight is 338 g/mol. The van der Waals surface area contributed by atoms with Crippen molar-refractivity contribution in [3.05, 3.63) is 65.5 Å². The third-order valence-corrected chi connectivity index (χ3v) is 4.48. The van der Waals surface area contributed by atoms with Gasteiger partial charge in [0.15, 0.2) is 0 Å². The highest BCUT2D eigenvalue weighted by Gasteiger charge is 2.13. The molecule has 0 aliphatic heterocycles. The van der Waals surface area contributed by atoms with Crippen LogP contribution in [0.15, 0.2) is 42.9 Å². The minimum Gasteiger partial charge on any atom is -0.395 e. The zero-order valence-electron chi connectivity index (χ0n) is 14.7. The van der Waals surface area contributed by atoms with E-state index in [0.29, 0.717) is 12.1 Å². The van der Waals surface area contributed by atoms with Crippen molar-refractivity contribution in [1.82, 2.24) is 14.1 Å². The van der Waals surface area contributed by atoms with Crippen molar-refractivity contribution in [2.45, 2.75) is 27.3 Å². The molecule has 0 aliphatic rings. The summed E-state index contributed by atoms with van der Waals surface area (Å²) >= 11 is 0. The topological polar surface area (TPSA) is 72.1 Å². The number of carbonyl (C=O) groups excluding carboxylic acids is 1. The summed E-state index contributed by atoms with van der Waals surface area (Å²) in [5.41, 5.74) is 5.28. The van der Waals surface area contributed by atoms with Gasteiger partial charge in [-0.3, -0.25) is 4.79 Å². The number of aryl methyl sites for hydroxylation is 1. The van der Waals surface area contributed by atoms with E-state index in [-0.39, 0.29) is 12.5 Å². The summed E-state index contributed by atoms with van der Waals surface area (Å²) in [6.45, 7) is 6.41. The first-order valence-corrected chi connectivity index (χ1v) is 8.20. The van der Waals surface area contributed by atoms with Crippen LogP contribution in [0.4, 0.5) is 5.69 Å². The third-order valence-electron chi connectivity index (χ3n) is 4.48. The maximum Gasteiger partial charge on any atom is 0.257 e. The van der Waals surface area contributed by atoms with Gasteiger partial charge in [-0.1, -0.05) is 0 Å². The second kappa shape index (κ2) is 6.94. The lowest BCUT2D eigenvalue weighted by atomic mass is 10.2. The molecule has 0 spiro atoms. The van der Waals surface area contributed by atoms with Gasteiger partial charge in [-0.2, -0.15) is 0 Å². The predicted molar refractivity (Wildman–Crippen MR) is 97.2 cm³/mol. The van der Waals surface area contributed by atoms with E-state index in [4.69, 9.17) is 5.11 Å². The Morgan fingerprint density at radius 2 is 1.84 bits per heavy atom. The number of anilines is 1. The summed E-state index contributed by atoms with van der Waals surface area (Å²) < 4.78 is 3.88. The monoisotopic (exact) mass is 338 g/mol. The Morgan fingerprint density at radius 1 is 1.12 bits per heavy atom. The fourth-order valence-corrected chi connectivity index (χ4v) is 2.80. The lowest BCUT2D eigenvalue weighted by molar-refractivity contribution is 0.102. The van der Waals surface area contributed by atoms with Crippen LogP contribution in [-0.4, -0.2) is 31.7 Å². The molecule has 130 valence electrons. The van der Waals surface area contributed by atoms with Gasteiger partial charge < -0.3 is 19.6 Å². The quantitative estimate of drug-likeness (QED) is 0.751. The van der Waals surface area contributed by atoms with Crippen molar-refractivity contribution in [3.63, 3.8) is 0 Å². The van der Waals surface area contributed by atoms with Crippen molar-refractivity contribution in [2.75, 3.05) is 11.9 Å². The van der Waals surface area contributed by atoms with E-state index >= 15 is 0 Å². The number of imidazole rings is 1. The highest BCUT2D eigenvalue weighted by atomic mass is 16.3. The first-order valence-electron chi connectivity index (χ1n) is 8.20. The van der Waals surface area contributed by atoms with Crippen LogP contribution in [0, 0.1) is 20.8 Å². The molecule has 0 saturated carbocycles. The van der Waals surface area contributed by atoms with Gasteiger partial charge in [0.25, 0.3) is 5.91 Å². The molecule has 3 rings (SSSR count). The number of nitrogens with zero attached hydrogens (tertiary/aromatic N) is 3. The zero-order valence-corrected chi connectivity index (χ0v) is 14.7. The normalized spacial score (nSPS) is 10.9. The minimum absolute atomic E-state index is 0.0468. The standard InChI is InChI=1S/C19H22N4O2/c1-13-14(2)23(12-20-13)17-6-4-16(5-7-17)21-19(25)18-8-9-22(10-11-24)15(18)3/h4-9,12,24H,10-11H2,1-3H3,(H,21,25). The Hall–Kier alpha value is -2.86. The molecule has 0 saturated heterocycles. The number of aliphatic hydroxyl groups excluding tert-OH is 1. The molecule has 0 bridgehead atoms. The summed E-state index contributed by atoms with van der Waals surface area (Å²) in [5.74, 6) is -0.156. The lowest BCUT2D eigenvalue weighted by Crippen LogP contribution is -2.13. The van der Waals surface area contributed by atoms with Crippen molar-refractivity contribution >= 4 is 11.6 Å². The molecule has 0 aliphatic carbocycles. The highest BCUT2D eigenvalue weighted by Crippen LogP contribution is 2.18. The minimum atomic E-state index is -0.156. The molecule has 3 aromatic rings. The summed E-state index contributed by atoms with van der Waals surface area (Å²) in [7, 11) is 0. The van der Waals surface area contributed by atoms with Crippen LogP contribution in [0.3, 0.4) is 0 Å². The van der Waals surface area contributed by atoms with Crippen molar-refractivity contribution < 1.29 is 9.90 Å². The Kier molecular flexibility index (Phi) is 4.72. The molecule has 25 heavy (non-hydrogen) atoms. The molecule has 1 amide bonds. The zero-order chi connectivity index (χ0) is 18.0. The molecule has 2 N–H and O–H groups in total. The van der Waals surface area contributed by atoms with Gasteiger partial charge in [0.05, 0.1) is 24.2 Å². The Labute approximate surface area is 146 Å². The Bertz CT molecular complexity index is 891. The van der Waals surface area contributed by atoms with Gasteiger partial charge in [-0.25, -0.2) is 4.98 Å². The Morgan fingerprint density at radius 3 is 2.44 bits per heavy atom. The Balaban J connectivity index is 1.75. The number of amides is 1. The van der Waals surface area contributed by atoms with E-state index in [2.05, 4.69) is 10.3 Å². The number of nitrogens with one attached hydrogen (secondary N) is 1. The van der Waals surface area contributed by atoms with Gasteiger partial charge in [0, 0.05) is 35.5 Å². The van der Waals surface area contributed by atoms with Gasteiger partial charge in [0.2, 0.25) is 0 Å². The van der Waals surface area contributed by atoms with Gasteiger partial charge in [-0.15, -0.1) is 0 Å². The van der Waals surface area contributed by atoms with Crippen LogP contribution in [0.1, 0.15) is 27.4 Å². The van der Waals surface area contributed by atoms with E-state index < -0.39 is 0 Å². The second-order valence-electron chi connectivity index (χ2n) is 6.02. The van der Waals surface area contributed by atoms with Crippen molar-refractivity contribution in [1.29, 1.82) is 0 Å². The van der Waals surface area contributed by atoms with Crippen LogP contribution < -0.4 is 5.32 Å². The van der Waals surface area contributed by atoms with E-state index in [1.807, 2.05) is 60.4 Å². The molecule has 2 aromatic heterocycles. The van der Waals surface area contributed by atoms with E-state index in [1.165, 1.54) is 0 Å². The number of carbonyl (C=O) groups is 1. The van der Waals surface area contributed by atoms with Gasteiger partial charge in [-0.05, 0) is 51.1 Å². The molecule has 1 aromatic carbocycles. The summed E-state index contributed by atoms with van der Waals surface area (Å²) in [6, 6.07) is 9.43. The molecule has 6 nitrogen and oxygen atoms in total. The smallest absolute Gasteiger partial charge is 0.257 e. The number of aliphatic hydroxyl groups is 1. The summed E-state index contributed by atoms with van der Waals surface area (Å²) in [5, 5.41) is 12.0. The first-order chi connectivity index (χ1) is 12.0. The van der Waals surface area contributed by atoms with Crippen LogP contribution >= 0.6 is 0 Å². The lowest BCUT2D eigenvalue weighted by Gasteiger charge is -2.09. The fraction of sp³-hybridized carbons (Fsp3) is 0.263. The molecule has 0 fully saturated rings. The first kappa shape index (κ1) is 17.0.